The van der Waals surface area contributed by atoms with E-state index in [2.05, 4.69) is 0 Å². The molecule has 2 N–H and O–H groups in total. The van der Waals surface area contributed by atoms with Gasteiger partial charge >= 0.3 is 0 Å². The molecule has 3 nitrogen and oxygen atoms in total. The Balaban J connectivity index is 2.03. The Hall–Kier alpha value is -0.120. The van der Waals surface area contributed by atoms with Gasteiger partial charge in [-0.2, -0.15) is 0 Å². The Kier molecular flexibility index (Phi) is 2.86. The van der Waals surface area contributed by atoms with E-state index < -0.39 is 0 Å². The highest BCUT2D eigenvalue weighted by Crippen LogP contribution is 2.39. The first-order valence-corrected chi connectivity index (χ1v) is 5.27. The lowest BCUT2D eigenvalue weighted by molar-refractivity contribution is -0.0658. The monoisotopic (exact) mass is 185 g/mol. The van der Waals surface area contributed by atoms with Gasteiger partial charge in [0.1, 0.15) is 0 Å². The zero-order chi connectivity index (χ0) is 9.15. The molecule has 0 aromatic heterocycles. The second-order valence-corrected chi connectivity index (χ2v) is 4.18. The molecule has 2 fully saturated rings. The van der Waals surface area contributed by atoms with E-state index in [-0.39, 0.29) is 5.41 Å². The number of nitrogens with two attached hydrogens (primary N) is 1. The molecule has 0 aromatic carbocycles. The van der Waals surface area contributed by atoms with Crippen molar-refractivity contribution < 1.29 is 9.47 Å². The summed E-state index contributed by atoms with van der Waals surface area (Å²) in [7, 11) is 0. The van der Waals surface area contributed by atoms with E-state index in [1.165, 1.54) is 12.8 Å². The molecular formula is C10H19NO2. The Morgan fingerprint density at radius 3 is 2.54 bits per heavy atom. The average Bonchev–Trinajstić information content (AvgIpc) is 2.72. The Morgan fingerprint density at radius 2 is 2.00 bits per heavy atom. The van der Waals surface area contributed by atoms with Crippen molar-refractivity contribution in [1.82, 2.24) is 0 Å². The summed E-state index contributed by atoms with van der Waals surface area (Å²) in [5, 5.41) is 0. The highest BCUT2D eigenvalue weighted by atomic mass is 16.5. The Morgan fingerprint density at radius 1 is 1.23 bits per heavy atom. The fourth-order valence-corrected chi connectivity index (χ4v) is 2.50. The summed E-state index contributed by atoms with van der Waals surface area (Å²) in [5.74, 6) is 0. The van der Waals surface area contributed by atoms with E-state index in [9.17, 15) is 0 Å². The van der Waals surface area contributed by atoms with Gasteiger partial charge in [-0.05, 0) is 25.7 Å². The lowest BCUT2D eigenvalue weighted by Crippen LogP contribution is -2.45. The molecule has 0 amide bonds. The lowest BCUT2D eigenvalue weighted by atomic mass is 9.74. The fraction of sp³-hybridized carbons (Fsp3) is 1.00. The molecule has 2 aliphatic rings. The van der Waals surface area contributed by atoms with Gasteiger partial charge < -0.3 is 15.2 Å². The highest BCUT2D eigenvalue weighted by molar-refractivity contribution is 4.92. The van der Waals surface area contributed by atoms with Gasteiger partial charge in [0, 0.05) is 31.8 Å². The van der Waals surface area contributed by atoms with Gasteiger partial charge in [0.15, 0.2) is 0 Å². The molecule has 13 heavy (non-hydrogen) atoms. The molecule has 0 aliphatic carbocycles. The van der Waals surface area contributed by atoms with Crippen LogP contribution in [0, 0.1) is 5.41 Å². The summed E-state index contributed by atoms with van der Waals surface area (Å²) < 4.78 is 11.1. The van der Waals surface area contributed by atoms with E-state index in [0.717, 1.165) is 39.2 Å². The Labute approximate surface area is 79.6 Å². The largest absolute Gasteiger partial charge is 0.381 e. The van der Waals surface area contributed by atoms with Crippen LogP contribution in [0.4, 0.5) is 0 Å². The molecule has 0 saturated carbocycles. The molecule has 0 spiro atoms. The molecule has 76 valence electrons. The lowest BCUT2D eigenvalue weighted by Gasteiger charge is -2.40. The average molecular weight is 185 g/mol. The van der Waals surface area contributed by atoms with Gasteiger partial charge in [0.25, 0.3) is 0 Å². The van der Waals surface area contributed by atoms with Gasteiger partial charge in [-0.3, -0.25) is 0 Å². The predicted octanol–water partition coefficient (Wildman–Crippen LogP) is 0.921. The van der Waals surface area contributed by atoms with Gasteiger partial charge in [0.05, 0.1) is 6.10 Å². The first kappa shape index (κ1) is 9.44. The summed E-state index contributed by atoms with van der Waals surface area (Å²) in [6, 6.07) is 0. The normalized spacial score (nSPS) is 33.5. The molecule has 1 unspecified atom stereocenters. The zero-order valence-corrected chi connectivity index (χ0v) is 8.13. The maximum absolute atomic E-state index is 5.88. The van der Waals surface area contributed by atoms with Crippen LogP contribution in [-0.4, -0.2) is 32.5 Å². The van der Waals surface area contributed by atoms with Gasteiger partial charge in [-0.15, -0.1) is 0 Å². The molecule has 2 aliphatic heterocycles. The van der Waals surface area contributed by atoms with Crippen LogP contribution in [0.1, 0.15) is 25.7 Å². The number of hydrogen-bond acceptors (Lipinski definition) is 3. The Bertz CT molecular complexity index is 160. The van der Waals surface area contributed by atoms with Crippen molar-refractivity contribution in [2.75, 3.05) is 26.4 Å². The van der Waals surface area contributed by atoms with Crippen molar-refractivity contribution in [2.24, 2.45) is 11.1 Å². The molecule has 3 heteroatoms. The van der Waals surface area contributed by atoms with Crippen molar-refractivity contribution in [2.45, 2.75) is 31.8 Å². The molecular weight excluding hydrogens is 166 g/mol. The third-order valence-corrected chi connectivity index (χ3v) is 3.51. The topological polar surface area (TPSA) is 44.5 Å². The van der Waals surface area contributed by atoms with Crippen LogP contribution < -0.4 is 5.73 Å². The second kappa shape index (κ2) is 3.95. The standard InChI is InChI=1S/C10H19NO2/c11-8-10(3-6-12-7-4-10)9-2-1-5-13-9/h9H,1-8,11H2. The molecule has 0 radical (unpaired) electrons. The summed E-state index contributed by atoms with van der Waals surface area (Å²) in [5.41, 5.74) is 6.11. The molecule has 0 bridgehead atoms. The van der Waals surface area contributed by atoms with Crippen LogP contribution in [0.25, 0.3) is 0 Å². The van der Waals surface area contributed by atoms with E-state index >= 15 is 0 Å². The van der Waals surface area contributed by atoms with Crippen LogP contribution in [0.15, 0.2) is 0 Å². The predicted molar refractivity (Wildman–Crippen MR) is 50.5 cm³/mol. The maximum atomic E-state index is 5.88. The minimum Gasteiger partial charge on any atom is -0.381 e. The van der Waals surface area contributed by atoms with Crippen LogP contribution in [0.5, 0.6) is 0 Å². The van der Waals surface area contributed by atoms with E-state index in [1.54, 1.807) is 0 Å². The zero-order valence-electron chi connectivity index (χ0n) is 8.13. The maximum Gasteiger partial charge on any atom is 0.0645 e. The van der Waals surface area contributed by atoms with Crippen LogP contribution in [0.3, 0.4) is 0 Å². The molecule has 0 aromatic rings. The van der Waals surface area contributed by atoms with Crippen molar-refractivity contribution in [1.29, 1.82) is 0 Å². The summed E-state index contributed by atoms with van der Waals surface area (Å²) in [6.07, 6.45) is 4.95. The minimum absolute atomic E-state index is 0.231. The first-order valence-electron chi connectivity index (χ1n) is 5.27. The van der Waals surface area contributed by atoms with Crippen LogP contribution in [0.2, 0.25) is 0 Å². The van der Waals surface area contributed by atoms with Crippen molar-refractivity contribution in [3.63, 3.8) is 0 Å². The van der Waals surface area contributed by atoms with Gasteiger partial charge in [-0.1, -0.05) is 0 Å². The molecule has 2 saturated heterocycles. The SMILES string of the molecule is NCC1(C2CCCO2)CCOCC1. The summed E-state index contributed by atoms with van der Waals surface area (Å²) in [6.45, 7) is 3.39. The van der Waals surface area contributed by atoms with E-state index in [1.807, 2.05) is 0 Å². The van der Waals surface area contributed by atoms with Gasteiger partial charge in [-0.25, -0.2) is 0 Å². The first-order chi connectivity index (χ1) is 6.37. The quantitative estimate of drug-likeness (QED) is 0.695. The van der Waals surface area contributed by atoms with Gasteiger partial charge in [0.2, 0.25) is 0 Å². The third-order valence-electron chi connectivity index (χ3n) is 3.51. The van der Waals surface area contributed by atoms with Crippen LogP contribution >= 0.6 is 0 Å². The van der Waals surface area contributed by atoms with Crippen molar-refractivity contribution in [3.8, 4) is 0 Å². The highest BCUT2D eigenvalue weighted by Gasteiger charge is 2.41. The summed E-state index contributed by atoms with van der Waals surface area (Å²) >= 11 is 0. The van der Waals surface area contributed by atoms with E-state index in [4.69, 9.17) is 15.2 Å². The smallest absolute Gasteiger partial charge is 0.0645 e. The third kappa shape index (κ3) is 1.73. The summed E-state index contributed by atoms with van der Waals surface area (Å²) in [4.78, 5) is 0. The second-order valence-electron chi connectivity index (χ2n) is 4.18. The number of hydrogen-bond donors (Lipinski definition) is 1. The molecule has 2 rings (SSSR count). The number of rotatable bonds is 2. The number of ether oxygens (including phenoxy) is 2. The van der Waals surface area contributed by atoms with Crippen molar-refractivity contribution in [3.05, 3.63) is 0 Å². The van der Waals surface area contributed by atoms with Crippen molar-refractivity contribution >= 4 is 0 Å². The fourth-order valence-electron chi connectivity index (χ4n) is 2.50. The minimum atomic E-state index is 0.231. The van der Waals surface area contributed by atoms with Crippen LogP contribution in [-0.2, 0) is 9.47 Å². The molecule has 1 atom stereocenters. The molecule has 2 heterocycles. The van der Waals surface area contributed by atoms with E-state index in [0.29, 0.717) is 6.10 Å².